The van der Waals surface area contributed by atoms with Gasteiger partial charge >= 0.3 is 0 Å². The fourth-order valence-corrected chi connectivity index (χ4v) is 5.52. The maximum absolute atomic E-state index is 13.1. The van der Waals surface area contributed by atoms with E-state index in [0.717, 1.165) is 10.4 Å². The summed E-state index contributed by atoms with van der Waals surface area (Å²) in [5, 5.41) is 0. The van der Waals surface area contributed by atoms with E-state index in [4.69, 9.17) is 0 Å². The Balaban J connectivity index is 1.43. The highest BCUT2D eigenvalue weighted by Crippen LogP contribution is 2.29. The molecule has 1 aromatic carbocycles. The van der Waals surface area contributed by atoms with Crippen LogP contribution in [0.5, 0.6) is 0 Å². The Bertz CT molecular complexity index is 1110. The molecule has 4 rings (SSSR count). The van der Waals surface area contributed by atoms with Gasteiger partial charge in [-0.25, -0.2) is 12.8 Å². The second-order valence-corrected chi connectivity index (χ2v) is 9.58. The monoisotopic (exact) mass is 431 g/mol. The second kappa shape index (κ2) is 8.02. The number of nitrogens with zero attached hydrogens (tertiary/aromatic N) is 3. The Morgan fingerprint density at radius 3 is 2.38 bits per heavy atom. The molecule has 0 N–H and O–H groups in total. The number of rotatable bonds is 4. The van der Waals surface area contributed by atoms with Gasteiger partial charge in [0.25, 0.3) is 5.91 Å². The Morgan fingerprint density at radius 2 is 1.72 bits per heavy atom. The third kappa shape index (κ3) is 4.07. The van der Waals surface area contributed by atoms with Crippen LogP contribution >= 0.6 is 11.3 Å². The fraction of sp³-hybridized carbons (Fsp3) is 0.200. The Morgan fingerprint density at radius 1 is 1.00 bits per heavy atom. The first kappa shape index (κ1) is 19.7. The van der Waals surface area contributed by atoms with Gasteiger partial charge in [-0.1, -0.05) is 12.1 Å². The van der Waals surface area contributed by atoms with Crippen molar-refractivity contribution in [1.82, 2.24) is 14.2 Å². The summed E-state index contributed by atoms with van der Waals surface area (Å²) in [4.78, 5) is 20.0. The lowest BCUT2D eigenvalue weighted by molar-refractivity contribution is 0.0703. The lowest BCUT2D eigenvalue weighted by atomic mass is 10.2. The molecule has 0 atom stereocenters. The van der Waals surface area contributed by atoms with E-state index in [2.05, 4.69) is 4.98 Å². The van der Waals surface area contributed by atoms with Crippen LogP contribution in [-0.4, -0.2) is 54.7 Å². The predicted molar refractivity (Wildman–Crippen MR) is 109 cm³/mol. The van der Waals surface area contributed by atoms with Gasteiger partial charge in [0.2, 0.25) is 10.0 Å². The molecule has 0 bridgehead atoms. The predicted octanol–water partition coefficient (Wildman–Crippen LogP) is 3.10. The van der Waals surface area contributed by atoms with E-state index in [1.807, 2.05) is 6.07 Å². The molecule has 1 fully saturated rings. The number of hydrogen-bond donors (Lipinski definition) is 0. The lowest BCUT2D eigenvalue weighted by Crippen LogP contribution is -2.50. The minimum Gasteiger partial charge on any atom is -0.335 e. The second-order valence-electron chi connectivity index (χ2n) is 6.56. The van der Waals surface area contributed by atoms with Crippen LogP contribution in [0.1, 0.15) is 9.67 Å². The number of carbonyl (C=O) groups excluding carboxylic acids is 1. The molecule has 2 aromatic heterocycles. The van der Waals surface area contributed by atoms with E-state index in [1.54, 1.807) is 29.2 Å². The summed E-state index contributed by atoms with van der Waals surface area (Å²) < 4.78 is 39.8. The molecule has 29 heavy (non-hydrogen) atoms. The normalized spacial score (nSPS) is 15.4. The summed E-state index contributed by atoms with van der Waals surface area (Å²) in [5.74, 6) is -0.428. The molecule has 1 aliphatic heterocycles. The average Bonchev–Trinajstić information content (AvgIpc) is 3.25. The summed E-state index contributed by atoms with van der Waals surface area (Å²) in [6.45, 7) is 1.11. The van der Waals surface area contributed by atoms with Gasteiger partial charge < -0.3 is 4.90 Å². The van der Waals surface area contributed by atoms with E-state index in [1.165, 1.54) is 46.2 Å². The zero-order chi connectivity index (χ0) is 20.4. The van der Waals surface area contributed by atoms with Crippen molar-refractivity contribution in [3.8, 4) is 10.4 Å². The molecule has 0 saturated carbocycles. The quantitative estimate of drug-likeness (QED) is 0.637. The largest absolute Gasteiger partial charge is 0.335 e. The molecule has 1 saturated heterocycles. The number of halogens is 1. The highest BCUT2D eigenvalue weighted by atomic mass is 32.2. The van der Waals surface area contributed by atoms with Crippen LogP contribution in [0.3, 0.4) is 0 Å². The fourth-order valence-electron chi connectivity index (χ4n) is 3.16. The number of thiophene rings is 1. The van der Waals surface area contributed by atoms with Crippen molar-refractivity contribution in [2.75, 3.05) is 26.2 Å². The van der Waals surface area contributed by atoms with Gasteiger partial charge in [-0.05, 0) is 42.0 Å². The van der Waals surface area contributed by atoms with Crippen LogP contribution in [0, 0.1) is 5.82 Å². The first-order valence-corrected chi connectivity index (χ1v) is 11.3. The number of sulfonamides is 1. The summed E-state index contributed by atoms with van der Waals surface area (Å²) in [7, 11) is -3.61. The summed E-state index contributed by atoms with van der Waals surface area (Å²) >= 11 is 1.34. The van der Waals surface area contributed by atoms with Crippen LogP contribution in [0.2, 0.25) is 0 Å². The zero-order valence-corrected chi connectivity index (χ0v) is 17.0. The number of amides is 1. The number of benzene rings is 1. The molecule has 150 valence electrons. The summed E-state index contributed by atoms with van der Waals surface area (Å²) in [6, 6.07) is 12.8. The molecule has 3 heterocycles. The SMILES string of the molecule is O=C(c1ccc(-c2ccc(F)cc2)s1)N1CCN(S(=O)(=O)c2cccnc2)CC1. The van der Waals surface area contributed by atoms with Crippen molar-refractivity contribution in [1.29, 1.82) is 0 Å². The number of carbonyl (C=O) groups is 1. The van der Waals surface area contributed by atoms with E-state index in [0.29, 0.717) is 18.0 Å². The Labute approximate surface area is 172 Å². The highest BCUT2D eigenvalue weighted by molar-refractivity contribution is 7.89. The zero-order valence-electron chi connectivity index (χ0n) is 15.4. The smallest absolute Gasteiger partial charge is 0.264 e. The van der Waals surface area contributed by atoms with Gasteiger partial charge in [0.1, 0.15) is 10.7 Å². The molecule has 0 radical (unpaired) electrons. The van der Waals surface area contributed by atoms with Crippen molar-refractivity contribution in [2.45, 2.75) is 4.90 Å². The lowest BCUT2D eigenvalue weighted by Gasteiger charge is -2.33. The van der Waals surface area contributed by atoms with E-state index in [-0.39, 0.29) is 29.7 Å². The van der Waals surface area contributed by atoms with Gasteiger partial charge in [-0.15, -0.1) is 11.3 Å². The third-order valence-electron chi connectivity index (χ3n) is 4.74. The number of hydrogen-bond acceptors (Lipinski definition) is 5. The van der Waals surface area contributed by atoms with E-state index in [9.17, 15) is 17.6 Å². The van der Waals surface area contributed by atoms with Crippen molar-refractivity contribution in [2.24, 2.45) is 0 Å². The molecule has 1 amide bonds. The molecule has 0 unspecified atom stereocenters. The standard InChI is InChI=1S/C20H18FN3O3S2/c21-16-5-3-15(4-6-16)18-7-8-19(28-18)20(25)23-10-12-24(13-11-23)29(26,27)17-2-1-9-22-14-17/h1-9,14H,10-13H2. The molecule has 6 nitrogen and oxygen atoms in total. The molecule has 9 heteroatoms. The van der Waals surface area contributed by atoms with Gasteiger partial charge in [0.05, 0.1) is 4.88 Å². The van der Waals surface area contributed by atoms with Gasteiger partial charge in [-0.3, -0.25) is 9.78 Å². The summed E-state index contributed by atoms with van der Waals surface area (Å²) in [6.07, 6.45) is 2.85. The van der Waals surface area contributed by atoms with Gasteiger partial charge in [-0.2, -0.15) is 4.31 Å². The van der Waals surface area contributed by atoms with Crippen LogP contribution < -0.4 is 0 Å². The molecule has 0 spiro atoms. The van der Waals surface area contributed by atoms with Gasteiger partial charge in [0.15, 0.2) is 0 Å². The first-order chi connectivity index (χ1) is 13.9. The molecular formula is C20H18FN3O3S2. The highest BCUT2D eigenvalue weighted by Gasteiger charge is 2.31. The third-order valence-corrected chi connectivity index (χ3v) is 7.75. The molecular weight excluding hydrogens is 413 g/mol. The van der Waals surface area contributed by atoms with Crippen LogP contribution in [0.15, 0.2) is 65.8 Å². The van der Waals surface area contributed by atoms with E-state index >= 15 is 0 Å². The topological polar surface area (TPSA) is 70.6 Å². The Kier molecular flexibility index (Phi) is 5.44. The maximum atomic E-state index is 13.1. The number of piperazine rings is 1. The summed E-state index contributed by atoms with van der Waals surface area (Å²) in [5.41, 5.74) is 0.850. The van der Waals surface area contributed by atoms with Crippen molar-refractivity contribution in [3.63, 3.8) is 0 Å². The molecule has 3 aromatic rings. The minimum atomic E-state index is -3.61. The molecule has 1 aliphatic rings. The van der Waals surface area contributed by atoms with Crippen LogP contribution in [0.25, 0.3) is 10.4 Å². The van der Waals surface area contributed by atoms with Crippen molar-refractivity contribution >= 4 is 27.3 Å². The molecule has 0 aliphatic carbocycles. The maximum Gasteiger partial charge on any atom is 0.264 e. The first-order valence-electron chi connectivity index (χ1n) is 9.00. The minimum absolute atomic E-state index is 0.123. The van der Waals surface area contributed by atoms with Crippen molar-refractivity contribution in [3.05, 3.63) is 71.6 Å². The van der Waals surface area contributed by atoms with Gasteiger partial charge in [0, 0.05) is 43.4 Å². The van der Waals surface area contributed by atoms with Crippen LogP contribution in [-0.2, 0) is 10.0 Å². The van der Waals surface area contributed by atoms with E-state index < -0.39 is 10.0 Å². The average molecular weight is 432 g/mol. The number of aromatic nitrogens is 1. The number of pyridine rings is 1. The van der Waals surface area contributed by atoms with Crippen molar-refractivity contribution < 1.29 is 17.6 Å². The van der Waals surface area contributed by atoms with Crippen LogP contribution in [0.4, 0.5) is 4.39 Å². The Hall–Kier alpha value is -2.62.